The van der Waals surface area contributed by atoms with Gasteiger partial charge < -0.3 is 24.7 Å². The molecule has 1 heterocycles. The van der Waals surface area contributed by atoms with Crippen LogP contribution < -0.4 is 4.74 Å². The third-order valence-corrected chi connectivity index (χ3v) is 3.92. The van der Waals surface area contributed by atoms with E-state index < -0.39 is 30.4 Å². The number of benzene rings is 1. The number of aldehydes is 1. The summed E-state index contributed by atoms with van der Waals surface area (Å²) in [4.78, 5) is 25.1. The number of hydrogen-bond acceptors (Lipinski definition) is 6. The monoisotopic (exact) mass is 445 g/mol. The van der Waals surface area contributed by atoms with Crippen LogP contribution in [0, 0.1) is 0 Å². The number of aliphatic hydroxyl groups is 1. The molecule has 2 rings (SSSR count). The molecule has 8 nitrogen and oxygen atoms in total. The third kappa shape index (κ3) is 5.41. The second kappa shape index (κ2) is 10.5. The molecule has 0 saturated heterocycles. The number of para-hydroxylation sites is 1. The summed E-state index contributed by atoms with van der Waals surface area (Å²) in [6.45, 7) is 0. The summed E-state index contributed by atoms with van der Waals surface area (Å²) >= 11 is 7.90. The first-order valence-electron chi connectivity index (χ1n) is 6.67. The van der Waals surface area contributed by atoms with Gasteiger partial charge in [0.1, 0.15) is 6.10 Å². The number of carbonyl (C=O) groups is 2. The van der Waals surface area contributed by atoms with Gasteiger partial charge in [-0.25, -0.2) is 4.79 Å². The molecule has 0 fully saturated rings. The Labute approximate surface area is 178 Å². The Bertz CT molecular complexity index is 682. The van der Waals surface area contributed by atoms with E-state index in [4.69, 9.17) is 21.7 Å². The summed E-state index contributed by atoms with van der Waals surface area (Å²) in [5.74, 6) is -1.24. The van der Waals surface area contributed by atoms with E-state index in [0.717, 1.165) is 10.9 Å². The average Bonchev–Trinajstić information content (AvgIpc) is 2.99. The molecule has 1 aromatic heterocycles. The molecule has 0 bridgehead atoms. The van der Waals surface area contributed by atoms with E-state index in [1.54, 1.807) is 12.1 Å². The summed E-state index contributed by atoms with van der Waals surface area (Å²) in [6, 6.07) is 8.87. The second-order valence-electron chi connectivity index (χ2n) is 4.83. The van der Waals surface area contributed by atoms with Gasteiger partial charge in [-0.2, -0.15) is 0 Å². The summed E-state index contributed by atoms with van der Waals surface area (Å²) in [5, 5.41) is 19.8. The molecule has 1 aromatic carbocycles. The van der Waals surface area contributed by atoms with Gasteiger partial charge in [0.05, 0.1) is 28.1 Å². The fraction of sp³-hybridized carbons (Fsp3) is 0.286. The average molecular weight is 447 g/mol. The second-order valence-corrected chi connectivity index (χ2v) is 5.38. The van der Waals surface area contributed by atoms with Gasteiger partial charge in [0, 0.05) is 17.0 Å². The zero-order valence-electron chi connectivity index (χ0n) is 12.0. The normalized spacial score (nSPS) is 15.6. The van der Waals surface area contributed by atoms with Crippen LogP contribution in [0.5, 0.6) is 5.88 Å². The van der Waals surface area contributed by atoms with E-state index in [0.29, 0.717) is 0 Å². The van der Waals surface area contributed by atoms with Crippen molar-refractivity contribution in [1.82, 2.24) is 4.98 Å². The number of rotatable bonds is 9. The standard InChI is InChI=1S/C14H13BrClNO7.Na.H/c15-23-13(14(20)21)12(24-16)11(9(19)6-18)22-10-5-7-3-1-2-4-8(7)17-10;;/h1-6,9,11-13,17,19H,(H,20,21);;/t9-,11+,12-,13-;;/m0../s1. The van der Waals surface area contributed by atoms with Crippen LogP contribution in [0.25, 0.3) is 10.9 Å². The fourth-order valence-electron chi connectivity index (χ4n) is 2.16. The Kier molecular flexibility index (Phi) is 9.39. The molecular formula is C14H14BrClNNaO7. The number of carboxylic acids is 1. The molecule has 0 aliphatic heterocycles. The topological polar surface area (TPSA) is 118 Å². The van der Waals surface area contributed by atoms with Gasteiger partial charge >= 0.3 is 35.5 Å². The summed E-state index contributed by atoms with van der Waals surface area (Å²) in [6.07, 6.45) is -6.08. The minimum atomic E-state index is -1.70. The van der Waals surface area contributed by atoms with E-state index in [2.05, 4.69) is 29.4 Å². The van der Waals surface area contributed by atoms with Crippen molar-refractivity contribution in [3.05, 3.63) is 30.3 Å². The zero-order chi connectivity index (χ0) is 17.7. The van der Waals surface area contributed by atoms with Crippen molar-refractivity contribution in [3.63, 3.8) is 0 Å². The van der Waals surface area contributed by atoms with Crippen LogP contribution in [0.2, 0.25) is 0 Å². The first-order chi connectivity index (χ1) is 11.5. The summed E-state index contributed by atoms with van der Waals surface area (Å²) in [7, 11) is 0. The van der Waals surface area contributed by atoms with Crippen LogP contribution >= 0.6 is 28.1 Å². The number of H-pyrrole nitrogens is 1. The van der Waals surface area contributed by atoms with Crippen molar-refractivity contribution < 1.29 is 32.7 Å². The molecule has 3 N–H and O–H groups in total. The van der Waals surface area contributed by atoms with Crippen molar-refractivity contribution in [1.29, 1.82) is 0 Å². The van der Waals surface area contributed by atoms with Gasteiger partial charge in [0.2, 0.25) is 6.10 Å². The number of aliphatic hydroxyl groups excluding tert-OH is 1. The van der Waals surface area contributed by atoms with Crippen molar-refractivity contribution in [3.8, 4) is 5.88 Å². The van der Waals surface area contributed by atoms with Crippen LogP contribution in [-0.2, 0) is 17.7 Å². The van der Waals surface area contributed by atoms with Crippen molar-refractivity contribution in [2.24, 2.45) is 0 Å². The number of ether oxygens (including phenoxy) is 1. The number of carbonyl (C=O) groups excluding carboxylic acids is 1. The Morgan fingerprint density at radius 1 is 1.32 bits per heavy atom. The van der Waals surface area contributed by atoms with Crippen LogP contribution in [0.1, 0.15) is 0 Å². The molecule has 0 unspecified atom stereocenters. The van der Waals surface area contributed by atoms with Gasteiger partial charge in [-0.3, -0.25) is 8.12 Å². The number of hydrogen-bond donors (Lipinski definition) is 3. The molecule has 0 aliphatic rings. The van der Waals surface area contributed by atoms with Gasteiger partial charge in [-0.1, -0.05) is 18.2 Å². The predicted molar refractivity (Wildman–Crippen MR) is 94.1 cm³/mol. The summed E-state index contributed by atoms with van der Waals surface area (Å²) in [5.41, 5.74) is 0.752. The quantitative estimate of drug-likeness (QED) is 0.390. The molecule has 0 radical (unpaired) electrons. The number of carboxylic acid groups (broad SMARTS) is 1. The van der Waals surface area contributed by atoms with Crippen molar-refractivity contribution >= 4 is 80.8 Å². The number of aromatic nitrogens is 1. The fourth-order valence-corrected chi connectivity index (χ4v) is 2.73. The van der Waals surface area contributed by atoms with Crippen LogP contribution in [0.15, 0.2) is 30.3 Å². The van der Waals surface area contributed by atoms with E-state index >= 15 is 0 Å². The van der Waals surface area contributed by atoms with E-state index in [1.165, 1.54) is 0 Å². The molecule has 0 saturated carbocycles. The number of fused-ring (bicyclic) bond motifs is 1. The number of nitrogens with one attached hydrogen (secondary N) is 1. The maximum absolute atomic E-state index is 11.2. The minimum absolute atomic E-state index is 0. The number of aromatic amines is 1. The van der Waals surface area contributed by atoms with Crippen LogP contribution in [-0.4, -0.2) is 81.4 Å². The molecule has 11 heteroatoms. The molecule has 4 atom stereocenters. The number of aliphatic carboxylic acids is 1. The molecule has 0 spiro atoms. The molecule has 2 aromatic rings. The molecule has 132 valence electrons. The van der Waals surface area contributed by atoms with E-state index in [9.17, 15) is 14.7 Å². The van der Waals surface area contributed by atoms with Gasteiger partial charge in [0.15, 0.2) is 24.4 Å². The predicted octanol–water partition coefficient (Wildman–Crippen LogP) is 1.15. The van der Waals surface area contributed by atoms with Crippen LogP contribution in [0.4, 0.5) is 0 Å². The van der Waals surface area contributed by atoms with Crippen molar-refractivity contribution in [2.75, 3.05) is 0 Å². The molecular weight excluding hydrogens is 433 g/mol. The van der Waals surface area contributed by atoms with E-state index in [1.807, 2.05) is 18.2 Å². The zero-order valence-corrected chi connectivity index (χ0v) is 14.3. The maximum atomic E-state index is 11.2. The van der Waals surface area contributed by atoms with Gasteiger partial charge in [-0.05, 0) is 6.07 Å². The van der Waals surface area contributed by atoms with Gasteiger partial charge in [0.25, 0.3) is 0 Å². The van der Waals surface area contributed by atoms with E-state index in [-0.39, 0.29) is 41.7 Å². The Morgan fingerprint density at radius 3 is 2.52 bits per heavy atom. The van der Waals surface area contributed by atoms with Crippen molar-refractivity contribution in [2.45, 2.75) is 24.4 Å². The summed E-state index contributed by atoms with van der Waals surface area (Å²) < 4.78 is 14.7. The molecule has 0 amide bonds. The third-order valence-electron chi connectivity index (χ3n) is 3.31. The molecule has 0 aliphatic carbocycles. The Morgan fingerprint density at radius 2 is 2.00 bits per heavy atom. The Balaban J connectivity index is 0.00000312. The van der Waals surface area contributed by atoms with Gasteiger partial charge in [-0.15, -0.1) is 0 Å². The Hall–Kier alpha value is -0.650. The van der Waals surface area contributed by atoms with Crippen LogP contribution in [0.3, 0.4) is 0 Å². The first kappa shape index (κ1) is 22.4. The first-order valence-corrected chi connectivity index (χ1v) is 7.62. The SMILES string of the molecule is O=C[C@H](O)[C@@H](Oc1cc2ccccc2[nH]1)[C@H](OCl)[C@H](OBr)C(=O)O.[NaH]. The molecule has 25 heavy (non-hydrogen) atoms. The number of halogens is 2.